The van der Waals surface area contributed by atoms with Gasteiger partial charge in [0, 0.05) is 6.42 Å². The number of primary amides is 1. The van der Waals surface area contributed by atoms with Crippen LogP contribution in [-0.4, -0.2) is 76.5 Å². The zero-order valence-corrected chi connectivity index (χ0v) is 18.1. The first-order valence-electron chi connectivity index (χ1n) is 10.3. The van der Waals surface area contributed by atoms with Gasteiger partial charge >= 0.3 is 11.9 Å². The molecule has 0 aromatic heterocycles. The summed E-state index contributed by atoms with van der Waals surface area (Å²) in [4.78, 5) is 71.4. The number of hydrogen-bond acceptors (Lipinski definition) is 7. The number of amides is 4. The summed E-state index contributed by atoms with van der Waals surface area (Å²) in [5.41, 5.74) is 5.11. The molecule has 1 heterocycles. The smallest absolute Gasteiger partial charge is 0.326 e. The van der Waals surface area contributed by atoms with Gasteiger partial charge in [0.2, 0.25) is 23.6 Å². The van der Waals surface area contributed by atoms with Gasteiger partial charge in [0.1, 0.15) is 18.1 Å². The van der Waals surface area contributed by atoms with Crippen molar-refractivity contribution in [3.05, 3.63) is 0 Å². The molecule has 0 aromatic carbocycles. The summed E-state index contributed by atoms with van der Waals surface area (Å²) in [6.45, 7) is 3.76. The zero-order valence-electron chi connectivity index (χ0n) is 18.1. The van der Waals surface area contributed by atoms with Crippen molar-refractivity contribution in [2.24, 2.45) is 11.7 Å². The number of carboxylic acid groups (broad SMARTS) is 2. The van der Waals surface area contributed by atoms with Gasteiger partial charge in [-0.3, -0.25) is 24.0 Å². The Balaban J connectivity index is 2.96. The summed E-state index contributed by atoms with van der Waals surface area (Å²) in [6, 6.07) is -4.66. The first kappa shape index (κ1) is 26.8. The molecule has 4 amide bonds. The van der Waals surface area contributed by atoms with E-state index in [1.54, 1.807) is 13.8 Å². The maximum absolute atomic E-state index is 12.7. The van der Waals surface area contributed by atoms with E-state index < -0.39 is 72.1 Å². The van der Waals surface area contributed by atoms with Crippen LogP contribution in [0.2, 0.25) is 0 Å². The molecule has 1 saturated heterocycles. The molecule has 1 rings (SSSR count). The predicted octanol–water partition coefficient (Wildman–Crippen LogP) is -2.33. The number of nitrogens with two attached hydrogens (primary N) is 1. The van der Waals surface area contributed by atoms with Gasteiger partial charge in [-0.1, -0.05) is 13.8 Å². The molecule has 1 fully saturated rings. The predicted molar refractivity (Wildman–Crippen MR) is 110 cm³/mol. The Morgan fingerprint density at radius 3 is 2.09 bits per heavy atom. The molecule has 4 atom stereocenters. The second-order valence-corrected chi connectivity index (χ2v) is 7.94. The monoisotopic (exact) mass is 457 g/mol. The van der Waals surface area contributed by atoms with E-state index in [0.717, 1.165) is 6.42 Å². The molecule has 1 aliphatic heterocycles. The first-order valence-corrected chi connectivity index (χ1v) is 10.3. The van der Waals surface area contributed by atoms with E-state index >= 15 is 0 Å². The van der Waals surface area contributed by atoms with Crippen molar-refractivity contribution in [2.45, 2.75) is 70.1 Å². The minimum Gasteiger partial charge on any atom is -0.481 e. The average molecular weight is 457 g/mol. The highest BCUT2D eigenvalue weighted by Gasteiger charge is 2.33. The second kappa shape index (κ2) is 12.6. The van der Waals surface area contributed by atoms with Gasteiger partial charge in [0.25, 0.3) is 0 Å². The quantitative estimate of drug-likeness (QED) is 0.158. The summed E-state index contributed by atoms with van der Waals surface area (Å²) < 4.78 is 0. The standard InChI is InChI=1S/C19H31N5O8/c1-9(2)15(19(31)32)24-17(29)11(5-6-13(20)25)22-18(30)12(8-14(26)27)23-16(28)10-4-3-7-21-10/h9-12,15,21H,3-8H2,1-2H3,(H2,20,25)(H,22,30)(H,23,28)(H,24,29)(H,26,27)(H,31,32). The van der Waals surface area contributed by atoms with E-state index in [1.807, 2.05) is 0 Å². The van der Waals surface area contributed by atoms with Gasteiger partial charge < -0.3 is 37.2 Å². The lowest BCUT2D eigenvalue weighted by atomic mass is 10.0. The van der Waals surface area contributed by atoms with Gasteiger partial charge in [-0.05, 0) is 31.7 Å². The van der Waals surface area contributed by atoms with Gasteiger partial charge in [-0.15, -0.1) is 0 Å². The van der Waals surface area contributed by atoms with Crippen LogP contribution in [0.25, 0.3) is 0 Å². The third kappa shape index (κ3) is 8.88. The van der Waals surface area contributed by atoms with E-state index in [0.29, 0.717) is 13.0 Å². The molecule has 32 heavy (non-hydrogen) atoms. The fourth-order valence-electron chi connectivity index (χ4n) is 3.16. The van der Waals surface area contributed by atoms with Crippen molar-refractivity contribution in [1.82, 2.24) is 21.3 Å². The first-order chi connectivity index (χ1) is 14.9. The molecule has 180 valence electrons. The van der Waals surface area contributed by atoms with Gasteiger partial charge in [0.05, 0.1) is 12.5 Å². The number of carboxylic acids is 2. The largest absolute Gasteiger partial charge is 0.481 e. The van der Waals surface area contributed by atoms with E-state index in [-0.39, 0.29) is 12.8 Å². The van der Waals surface area contributed by atoms with Gasteiger partial charge in [0.15, 0.2) is 0 Å². The SMILES string of the molecule is CC(C)C(NC(=O)C(CCC(N)=O)NC(=O)C(CC(=O)O)NC(=O)C1CCCN1)C(=O)O. The molecule has 0 spiro atoms. The van der Waals surface area contributed by atoms with Gasteiger partial charge in [-0.2, -0.15) is 0 Å². The normalized spacial score (nSPS) is 18.3. The van der Waals surface area contributed by atoms with Crippen LogP contribution in [0, 0.1) is 5.92 Å². The van der Waals surface area contributed by atoms with E-state index in [9.17, 15) is 33.9 Å². The molecule has 0 radical (unpaired) electrons. The molecule has 0 aliphatic carbocycles. The highest BCUT2D eigenvalue weighted by molar-refractivity contribution is 5.96. The van der Waals surface area contributed by atoms with Crippen LogP contribution in [0.15, 0.2) is 0 Å². The fourth-order valence-corrected chi connectivity index (χ4v) is 3.16. The Morgan fingerprint density at radius 1 is 1.00 bits per heavy atom. The summed E-state index contributed by atoms with van der Waals surface area (Å²) in [6.07, 6.45) is 0.0136. The molecule has 13 nitrogen and oxygen atoms in total. The van der Waals surface area contributed by atoms with Crippen LogP contribution < -0.4 is 27.0 Å². The lowest BCUT2D eigenvalue weighted by Crippen LogP contribution is -2.58. The van der Waals surface area contributed by atoms with Crippen molar-refractivity contribution in [1.29, 1.82) is 0 Å². The molecule has 4 unspecified atom stereocenters. The third-order valence-corrected chi connectivity index (χ3v) is 4.93. The van der Waals surface area contributed by atoms with Gasteiger partial charge in [-0.25, -0.2) is 4.79 Å². The van der Waals surface area contributed by atoms with E-state index in [2.05, 4.69) is 21.3 Å². The van der Waals surface area contributed by atoms with Crippen LogP contribution in [0.3, 0.4) is 0 Å². The van der Waals surface area contributed by atoms with Crippen LogP contribution in [-0.2, 0) is 28.8 Å². The number of hydrogen-bond donors (Lipinski definition) is 7. The Morgan fingerprint density at radius 2 is 1.62 bits per heavy atom. The Hall–Kier alpha value is -3.22. The molecular formula is C19H31N5O8. The second-order valence-electron chi connectivity index (χ2n) is 7.94. The summed E-state index contributed by atoms with van der Waals surface area (Å²) in [7, 11) is 0. The number of carbonyl (C=O) groups is 6. The molecule has 1 aliphatic rings. The maximum atomic E-state index is 12.7. The summed E-state index contributed by atoms with van der Waals surface area (Å²) in [5, 5.41) is 28.3. The highest BCUT2D eigenvalue weighted by atomic mass is 16.4. The number of rotatable bonds is 13. The van der Waals surface area contributed by atoms with Crippen molar-refractivity contribution in [3.8, 4) is 0 Å². The van der Waals surface area contributed by atoms with Crippen LogP contribution in [0.1, 0.15) is 46.0 Å². The minimum atomic E-state index is -1.48. The van der Waals surface area contributed by atoms with Crippen LogP contribution in [0.4, 0.5) is 0 Å². The van der Waals surface area contributed by atoms with Crippen LogP contribution in [0.5, 0.6) is 0 Å². The third-order valence-electron chi connectivity index (χ3n) is 4.93. The van der Waals surface area contributed by atoms with Crippen molar-refractivity contribution < 1.29 is 39.0 Å². The van der Waals surface area contributed by atoms with Crippen molar-refractivity contribution in [3.63, 3.8) is 0 Å². The van der Waals surface area contributed by atoms with E-state index in [1.165, 1.54) is 0 Å². The highest BCUT2D eigenvalue weighted by Crippen LogP contribution is 2.08. The molecule has 0 bridgehead atoms. The maximum Gasteiger partial charge on any atom is 0.326 e. The molecule has 13 heteroatoms. The topological polar surface area (TPSA) is 217 Å². The molecule has 0 saturated carbocycles. The Labute approximate surface area is 184 Å². The number of aliphatic carboxylic acids is 2. The summed E-state index contributed by atoms with van der Waals surface area (Å²) in [5.74, 6) is -6.24. The van der Waals surface area contributed by atoms with Crippen LogP contribution >= 0.6 is 0 Å². The number of carbonyl (C=O) groups excluding carboxylic acids is 4. The van der Waals surface area contributed by atoms with Crippen molar-refractivity contribution >= 4 is 35.6 Å². The Kier molecular flexibility index (Phi) is 10.5. The van der Waals surface area contributed by atoms with E-state index in [4.69, 9.17) is 10.8 Å². The number of nitrogens with one attached hydrogen (secondary N) is 4. The zero-order chi connectivity index (χ0) is 24.4. The fraction of sp³-hybridized carbons (Fsp3) is 0.684. The minimum absolute atomic E-state index is 0.241. The summed E-state index contributed by atoms with van der Waals surface area (Å²) >= 11 is 0. The van der Waals surface area contributed by atoms with Crippen molar-refractivity contribution in [2.75, 3.05) is 6.54 Å². The Bertz CT molecular complexity index is 735. The molecular weight excluding hydrogens is 426 g/mol. The lowest BCUT2D eigenvalue weighted by molar-refractivity contribution is -0.144. The molecule has 0 aromatic rings. The average Bonchev–Trinajstić information content (AvgIpc) is 3.22. The lowest BCUT2D eigenvalue weighted by Gasteiger charge is -2.25. The molecule has 8 N–H and O–H groups in total.